The van der Waals surface area contributed by atoms with Gasteiger partial charge in [-0.25, -0.2) is 12.9 Å². The highest BCUT2D eigenvalue weighted by molar-refractivity contribution is 9.10. The third kappa shape index (κ3) is 4.19. The van der Waals surface area contributed by atoms with Crippen LogP contribution in [0, 0.1) is 5.95 Å². The van der Waals surface area contributed by atoms with Gasteiger partial charge >= 0.3 is 6.18 Å². The van der Waals surface area contributed by atoms with E-state index < -0.39 is 34.4 Å². The largest absolute Gasteiger partial charge is 0.493 e. The third-order valence-corrected chi connectivity index (χ3v) is 5.50. The number of halogens is 5. The fourth-order valence-corrected chi connectivity index (χ4v) is 3.84. The van der Waals surface area contributed by atoms with Crippen LogP contribution in [0.25, 0.3) is 5.52 Å². The number of anilines is 1. The summed E-state index contributed by atoms with van der Waals surface area (Å²) >= 11 is 2.91. The summed E-state index contributed by atoms with van der Waals surface area (Å²) in [6.45, 7) is 0. The van der Waals surface area contributed by atoms with Crippen LogP contribution >= 0.6 is 15.9 Å². The lowest BCUT2D eigenvalue weighted by Gasteiger charge is -2.11. The number of aromatic nitrogens is 3. The van der Waals surface area contributed by atoms with E-state index in [2.05, 4.69) is 30.7 Å². The van der Waals surface area contributed by atoms with Gasteiger partial charge in [0.1, 0.15) is 4.90 Å². The van der Waals surface area contributed by atoms with E-state index in [1.165, 1.54) is 19.2 Å². The predicted octanol–water partition coefficient (Wildman–Crippen LogP) is 3.55. The number of hydrogen-bond acceptors (Lipinski definition) is 5. The van der Waals surface area contributed by atoms with Crippen molar-refractivity contribution in [2.24, 2.45) is 0 Å². The molecule has 0 aliphatic carbocycles. The van der Waals surface area contributed by atoms with E-state index in [0.717, 1.165) is 23.0 Å². The maximum absolute atomic E-state index is 13.7. The van der Waals surface area contributed by atoms with E-state index in [9.17, 15) is 26.0 Å². The van der Waals surface area contributed by atoms with Crippen molar-refractivity contribution in [1.29, 1.82) is 0 Å². The van der Waals surface area contributed by atoms with Crippen LogP contribution in [0.2, 0.25) is 0 Å². The number of rotatable bonds is 5. The Morgan fingerprint density at radius 3 is 2.68 bits per heavy atom. The molecule has 13 heteroatoms. The molecule has 0 saturated heterocycles. The minimum atomic E-state index is -4.41. The molecule has 3 heterocycles. The molecule has 0 saturated carbocycles. The fraction of sp³-hybridized carbons (Fsp3) is 0.200. The van der Waals surface area contributed by atoms with Gasteiger partial charge in [-0.15, -0.1) is 0 Å². The summed E-state index contributed by atoms with van der Waals surface area (Å²) in [6, 6.07) is 3.55. The van der Waals surface area contributed by atoms with Crippen molar-refractivity contribution < 1.29 is 30.7 Å². The fourth-order valence-electron chi connectivity index (χ4n) is 2.41. The lowest BCUT2D eigenvalue weighted by atomic mass is 10.2. The molecule has 0 radical (unpaired) electrons. The summed E-state index contributed by atoms with van der Waals surface area (Å²) in [5, 5.41) is 3.79. The Kier molecular flexibility index (Phi) is 5.23. The molecule has 0 aliphatic rings. The number of pyridine rings is 2. The molecular weight excluding hydrogens is 472 g/mol. The van der Waals surface area contributed by atoms with Crippen molar-refractivity contribution in [1.82, 2.24) is 14.6 Å². The van der Waals surface area contributed by atoms with Crippen LogP contribution in [-0.2, 0) is 16.4 Å². The van der Waals surface area contributed by atoms with Crippen molar-refractivity contribution >= 4 is 37.3 Å². The van der Waals surface area contributed by atoms with E-state index >= 15 is 0 Å². The number of ether oxygens (including phenoxy) is 1. The monoisotopic (exact) mass is 482 g/mol. The molecule has 150 valence electrons. The average Bonchev–Trinajstić information content (AvgIpc) is 3.00. The Bertz CT molecular complexity index is 1150. The molecule has 3 aromatic rings. The number of alkyl halides is 3. The molecule has 0 unspecified atom stereocenters. The standard InChI is InChI=1S/C15H11BrF4N4O3S/c1-27-11-4-9(16)13(17)22-14(11)23-28(25,26)12-6-21-24-7-8(2-3-10(12)24)5-15(18,19)20/h2-4,6-7H,5H2,1H3,(H,22,23). The first-order chi connectivity index (χ1) is 13.0. The molecule has 3 aromatic heterocycles. The van der Waals surface area contributed by atoms with Gasteiger partial charge in [0.25, 0.3) is 10.0 Å². The smallest absolute Gasteiger partial charge is 0.393 e. The predicted molar refractivity (Wildman–Crippen MR) is 94.2 cm³/mol. The number of nitrogens with zero attached hydrogens (tertiary/aromatic N) is 3. The van der Waals surface area contributed by atoms with Crippen LogP contribution in [0.4, 0.5) is 23.4 Å². The first-order valence-electron chi connectivity index (χ1n) is 7.46. The third-order valence-electron chi connectivity index (χ3n) is 3.59. The minimum absolute atomic E-state index is 0.0273. The maximum Gasteiger partial charge on any atom is 0.393 e. The van der Waals surface area contributed by atoms with E-state index in [-0.39, 0.29) is 26.2 Å². The number of methoxy groups -OCH3 is 1. The van der Waals surface area contributed by atoms with Gasteiger partial charge in [-0.05, 0) is 27.6 Å². The molecule has 7 nitrogen and oxygen atoms in total. The Labute approximate surface area is 164 Å². The van der Waals surface area contributed by atoms with E-state index in [1.54, 1.807) is 0 Å². The Balaban J connectivity index is 1.99. The molecule has 1 N–H and O–H groups in total. The van der Waals surface area contributed by atoms with Crippen molar-refractivity contribution in [3.63, 3.8) is 0 Å². The van der Waals surface area contributed by atoms with Crippen LogP contribution in [0.15, 0.2) is 40.0 Å². The summed E-state index contributed by atoms with van der Waals surface area (Å²) in [5.41, 5.74) is -0.0479. The van der Waals surface area contributed by atoms with Gasteiger partial charge in [-0.1, -0.05) is 6.07 Å². The second-order valence-electron chi connectivity index (χ2n) is 5.59. The summed E-state index contributed by atoms with van der Waals surface area (Å²) in [4.78, 5) is 3.17. The quantitative estimate of drug-likeness (QED) is 0.444. The highest BCUT2D eigenvalue weighted by atomic mass is 79.9. The van der Waals surface area contributed by atoms with E-state index in [0.29, 0.717) is 0 Å². The Morgan fingerprint density at radius 1 is 1.32 bits per heavy atom. The zero-order valence-electron chi connectivity index (χ0n) is 14.0. The summed E-state index contributed by atoms with van der Waals surface area (Å²) in [5.74, 6) is -1.40. The van der Waals surface area contributed by atoms with Gasteiger partial charge < -0.3 is 4.74 Å². The van der Waals surface area contributed by atoms with Gasteiger partial charge in [-0.2, -0.15) is 27.6 Å². The molecule has 0 spiro atoms. The van der Waals surface area contributed by atoms with Gasteiger partial charge in [0.05, 0.1) is 29.7 Å². The number of hydrogen-bond donors (Lipinski definition) is 1. The minimum Gasteiger partial charge on any atom is -0.493 e. The molecule has 3 rings (SSSR count). The van der Waals surface area contributed by atoms with Gasteiger partial charge in [0, 0.05) is 12.3 Å². The molecule has 0 atom stereocenters. The molecule has 28 heavy (non-hydrogen) atoms. The zero-order chi connectivity index (χ0) is 20.7. The Morgan fingerprint density at radius 2 is 2.04 bits per heavy atom. The van der Waals surface area contributed by atoms with Crippen molar-refractivity contribution in [3.05, 3.63) is 46.6 Å². The second kappa shape index (κ2) is 7.20. The zero-order valence-corrected chi connectivity index (χ0v) is 16.4. The highest BCUT2D eigenvalue weighted by Gasteiger charge is 2.28. The number of nitrogens with one attached hydrogen (secondary N) is 1. The van der Waals surface area contributed by atoms with Crippen LogP contribution in [0.3, 0.4) is 0 Å². The first kappa shape index (κ1) is 20.3. The molecule has 0 aromatic carbocycles. The molecule has 0 fully saturated rings. The van der Waals surface area contributed by atoms with Crippen LogP contribution in [-0.4, -0.2) is 36.3 Å². The first-order valence-corrected chi connectivity index (χ1v) is 9.73. The van der Waals surface area contributed by atoms with Gasteiger partial charge in [-0.3, -0.25) is 4.72 Å². The normalized spacial score (nSPS) is 12.4. The van der Waals surface area contributed by atoms with Crippen LogP contribution < -0.4 is 9.46 Å². The topological polar surface area (TPSA) is 85.6 Å². The number of sulfonamides is 1. The lowest BCUT2D eigenvalue weighted by molar-refractivity contribution is -0.127. The molecule has 0 bridgehead atoms. The summed E-state index contributed by atoms with van der Waals surface area (Å²) < 4.78 is 84.7. The average molecular weight is 483 g/mol. The van der Waals surface area contributed by atoms with Crippen molar-refractivity contribution in [2.45, 2.75) is 17.5 Å². The van der Waals surface area contributed by atoms with E-state index in [1.807, 2.05) is 0 Å². The van der Waals surface area contributed by atoms with Crippen LogP contribution in [0.5, 0.6) is 5.75 Å². The molecule has 0 aliphatic heterocycles. The molecule has 0 amide bonds. The van der Waals surface area contributed by atoms with E-state index in [4.69, 9.17) is 4.74 Å². The summed E-state index contributed by atoms with van der Waals surface area (Å²) in [6.07, 6.45) is -3.54. The Hall–Kier alpha value is -2.41. The maximum atomic E-state index is 13.7. The van der Waals surface area contributed by atoms with Gasteiger partial charge in [0.2, 0.25) is 5.95 Å². The van der Waals surface area contributed by atoms with Gasteiger partial charge in [0.15, 0.2) is 11.6 Å². The van der Waals surface area contributed by atoms with Crippen LogP contribution in [0.1, 0.15) is 5.56 Å². The second-order valence-corrected chi connectivity index (χ2v) is 8.09. The van der Waals surface area contributed by atoms with Crippen molar-refractivity contribution in [2.75, 3.05) is 11.8 Å². The highest BCUT2D eigenvalue weighted by Crippen LogP contribution is 2.30. The summed E-state index contributed by atoms with van der Waals surface area (Å²) in [7, 11) is -3.04. The lowest BCUT2D eigenvalue weighted by Crippen LogP contribution is -2.15. The van der Waals surface area contributed by atoms with Crippen molar-refractivity contribution in [3.8, 4) is 5.75 Å². The SMILES string of the molecule is COc1cc(Br)c(F)nc1NS(=O)(=O)c1cnn2cc(CC(F)(F)F)ccc12. The number of fused-ring (bicyclic) bond motifs is 1. The molecular formula is C15H11BrF4N4O3S.